The second kappa shape index (κ2) is 14.3. The molecule has 0 radical (unpaired) electrons. The van der Waals surface area contributed by atoms with Gasteiger partial charge in [0, 0.05) is 30.3 Å². The molecule has 0 spiro atoms. The number of hydrogen-bond acceptors (Lipinski definition) is 8. The van der Waals surface area contributed by atoms with E-state index in [9.17, 15) is 14.0 Å². The Labute approximate surface area is 258 Å². The van der Waals surface area contributed by atoms with Crippen LogP contribution in [0.25, 0.3) is 11.4 Å². The fraction of sp³-hybridized carbons (Fsp3) is 0.323. The summed E-state index contributed by atoms with van der Waals surface area (Å²) in [5.74, 6) is -0.0995. The maximum atomic E-state index is 14.0. The lowest BCUT2D eigenvalue weighted by molar-refractivity contribution is -0.142. The van der Waals surface area contributed by atoms with Gasteiger partial charge in [-0.05, 0) is 65.6 Å². The molecule has 1 fully saturated rings. The number of nitrogens with zero attached hydrogens (tertiary/aromatic N) is 5. The van der Waals surface area contributed by atoms with Crippen molar-refractivity contribution < 1.29 is 28.2 Å². The number of tetrazole rings is 1. The Balaban J connectivity index is 1.45. The van der Waals surface area contributed by atoms with E-state index in [1.54, 1.807) is 42.5 Å². The third-order valence-electron chi connectivity index (χ3n) is 7.26. The van der Waals surface area contributed by atoms with Crippen molar-refractivity contribution in [2.24, 2.45) is 0 Å². The van der Waals surface area contributed by atoms with Gasteiger partial charge in [-0.3, -0.25) is 9.59 Å². The average molecular weight is 623 g/mol. The quantitative estimate of drug-likeness (QED) is 0.249. The Morgan fingerprint density at radius 3 is 2.59 bits per heavy atom. The lowest BCUT2D eigenvalue weighted by Crippen LogP contribution is -2.46. The van der Waals surface area contributed by atoms with Crippen LogP contribution in [0, 0.1) is 5.82 Å². The van der Waals surface area contributed by atoms with Gasteiger partial charge in [0.1, 0.15) is 18.4 Å². The highest BCUT2D eigenvalue weighted by Crippen LogP contribution is 2.31. The Hall–Kier alpha value is -4.55. The Bertz CT molecular complexity index is 1590. The van der Waals surface area contributed by atoms with Crippen LogP contribution in [0.2, 0.25) is 5.02 Å². The zero-order chi connectivity index (χ0) is 31.1. The molecule has 2 atom stereocenters. The van der Waals surface area contributed by atoms with Crippen molar-refractivity contribution in [2.75, 3.05) is 27.4 Å². The van der Waals surface area contributed by atoms with Crippen molar-refractivity contribution in [1.82, 2.24) is 30.4 Å². The Morgan fingerprint density at radius 2 is 1.89 bits per heavy atom. The molecule has 2 heterocycles. The smallest absolute Gasteiger partial charge is 0.247 e. The van der Waals surface area contributed by atoms with Crippen molar-refractivity contribution in [2.45, 2.75) is 38.1 Å². The second-order valence-corrected chi connectivity index (χ2v) is 10.6. The van der Waals surface area contributed by atoms with Gasteiger partial charge in [0.2, 0.25) is 17.6 Å². The first-order valence-electron chi connectivity index (χ1n) is 14.0. The molecule has 0 unspecified atom stereocenters. The van der Waals surface area contributed by atoms with E-state index in [0.29, 0.717) is 39.8 Å². The first-order chi connectivity index (χ1) is 21.4. The molecule has 3 aromatic carbocycles. The van der Waals surface area contributed by atoms with Crippen molar-refractivity contribution in [3.05, 3.63) is 88.7 Å². The zero-order valence-corrected chi connectivity index (χ0v) is 25.0. The summed E-state index contributed by atoms with van der Waals surface area (Å²) < 4.78 is 30.3. The zero-order valence-electron chi connectivity index (χ0n) is 24.3. The number of methoxy groups -OCH3 is 2. The SMILES string of the molecule is COc1ccc(-c2nnn(CC(=O)N(Cc3ccccc3Cl)[C@H](C(=O)NC[C@@H]3CCCO3)c3ccc(F)cc3)n2)cc1OC. The first kappa shape index (κ1) is 30.9. The van der Waals surface area contributed by atoms with E-state index < -0.39 is 23.7 Å². The number of rotatable bonds is 12. The molecule has 1 saturated heterocycles. The molecule has 11 nitrogen and oxygen atoms in total. The Morgan fingerprint density at radius 1 is 1.11 bits per heavy atom. The van der Waals surface area contributed by atoms with Gasteiger partial charge in [0.25, 0.3) is 0 Å². The fourth-order valence-electron chi connectivity index (χ4n) is 4.98. The molecule has 230 valence electrons. The summed E-state index contributed by atoms with van der Waals surface area (Å²) >= 11 is 6.49. The molecule has 2 amide bonds. The highest BCUT2D eigenvalue weighted by atomic mass is 35.5. The number of hydrogen-bond donors (Lipinski definition) is 1. The van der Waals surface area contributed by atoms with Crippen LogP contribution in [0.15, 0.2) is 66.7 Å². The monoisotopic (exact) mass is 622 g/mol. The van der Waals surface area contributed by atoms with E-state index in [2.05, 4.69) is 20.7 Å². The fourth-order valence-corrected chi connectivity index (χ4v) is 5.18. The molecule has 1 aliphatic heterocycles. The van der Waals surface area contributed by atoms with Crippen LogP contribution in [0.4, 0.5) is 4.39 Å². The minimum atomic E-state index is -1.12. The number of nitrogens with one attached hydrogen (secondary N) is 1. The predicted molar refractivity (Wildman–Crippen MR) is 159 cm³/mol. The number of carbonyl (C=O) groups excluding carboxylic acids is 2. The van der Waals surface area contributed by atoms with Gasteiger partial charge in [0.05, 0.1) is 20.3 Å². The van der Waals surface area contributed by atoms with Gasteiger partial charge in [0.15, 0.2) is 11.5 Å². The highest BCUT2D eigenvalue weighted by molar-refractivity contribution is 6.31. The molecule has 44 heavy (non-hydrogen) atoms. The molecule has 0 bridgehead atoms. The van der Waals surface area contributed by atoms with Gasteiger partial charge in [-0.15, -0.1) is 10.2 Å². The maximum Gasteiger partial charge on any atom is 0.247 e. The highest BCUT2D eigenvalue weighted by Gasteiger charge is 2.33. The molecule has 13 heteroatoms. The lowest BCUT2D eigenvalue weighted by atomic mass is 10.0. The minimum absolute atomic E-state index is 0.00880. The standard InChI is InChI=1S/C31H32ClFN6O5/c1-42-26-14-11-21(16-27(26)43-2)30-35-37-39(36-30)19-28(40)38(18-22-6-3-4-8-25(22)32)29(20-9-12-23(33)13-10-20)31(41)34-17-24-7-5-15-44-24/h3-4,6,8-14,16,24,29H,5,7,15,17-19H2,1-2H3,(H,34,41)/t24-,29-/m0/s1. The van der Waals surface area contributed by atoms with E-state index in [-0.39, 0.29) is 31.6 Å². The first-order valence-corrected chi connectivity index (χ1v) is 14.4. The Kier molecular flexibility index (Phi) is 10.0. The van der Waals surface area contributed by atoms with Crippen LogP contribution in [0.5, 0.6) is 11.5 Å². The van der Waals surface area contributed by atoms with E-state index in [1.165, 1.54) is 43.4 Å². The number of amides is 2. The van der Waals surface area contributed by atoms with Crippen molar-refractivity contribution >= 4 is 23.4 Å². The van der Waals surface area contributed by atoms with Crippen LogP contribution in [0.1, 0.15) is 30.0 Å². The summed E-state index contributed by atoms with van der Waals surface area (Å²) in [5, 5.41) is 15.9. The number of aromatic nitrogens is 4. The molecule has 1 aliphatic rings. The van der Waals surface area contributed by atoms with Crippen molar-refractivity contribution in [1.29, 1.82) is 0 Å². The molecule has 5 rings (SSSR count). The predicted octanol–water partition coefficient (Wildman–Crippen LogP) is 4.22. The largest absolute Gasteiger partial charge is 0.493 e. The van der Waals surface area contributed by atoms with Gasteiger partial charge >= 0.3 is 0 Å². The average Bonchev–Trinajstić information content (AvgIpc) is 3.74. The van der Waals surface area contributed by atoms with Crippen molar-refractivity contribution in [3.8, 4) is 22.9 Å². The maximum absolute atomic E-state index is 14.0. The third-order valence-corrected chi connectivity index (χ3v) is 7.63. The number of benzene rings is 3. The van der Waals surface area contributed by atoms with E-state index in [0.717, 1.165) is 17.6 Å². The van der Waals surface area contributed by atoms with Crippen LogP contribution in [-0.4, -0.2) is 70.4 Å². The van der Waals surface area contributed by atoms with Crippen LogP contribution in [0.3, 0.4) is 0 Å². The van der Waals surface area contributed by atoms with Crippen LogP contribution in [-0.2, 0) is 27.4 Å². The molecular formula is C31H32ClFN6O5. The van der Waals surface area contributed by atoms with E-state index in [4.69, 9.17) is 25.8 Å². The summed E-state index contributed by atoms with van der Waals surface area (Å²) in [5.41, 5.74) is 1.65. The number of halogens is 2. The van der Waals surface area contributed by atoms with Gasteiger partial charge in [-0.25, -0.2) is 4.39 Å². The van der Waals surface area contributed by atoms with E-state index in [1.807, 2.05) is 0 Å². The summed E-state index contributed by atoms with van der Waals surface area (Å²) in [6.45, 7) is 0.575. The van der Waals surface area contributed by atoms with Crippen LogP contribution < -0.4 is 14.8 Å². The summed E-state index contributed by atoms with van der Waals surface area (Å²) in [6, 6.07) is 16.6. The second-order valence-electron chi connectivity index (χ2n) is 10.2. The summed E-state index contributed by atoms with van der Waals surface area (Å²) in [7, 11) is 3.06. The topological polar surface area (TPSA) is 121 Å². The molecular weight excluding hydrogens is 591 g/mol. The summed E-state index contributed by atoms with van der Waals surface area (Å²) in [4.78, 5) is 30.4. The minimum Gasteiger partial charge on any atom is -0.493 e. The van der Waals surface area contributed by atoms with E-state index >= 15 is 0 Å². The number of carbonyl (C=O) groups is 2. The van der Waals surface area contributed by atoms with Crippen LogP contribution >= 0.6 is 11.6 Å². The van der Waals surface area contributed by atoms with Gasteiger partial charge in [-0.2, -0.15) is 4.80 Å². The number of ether oxygens (including phenoxy) is 3. The molecule has 1 aromatic heterocycles. The van der Waals surface area contributed by atoms with Gasteiger partial charge in [-0.1, -0.05) is 41.9 Å². The lowest BCUT2D eigenvalue weighted by Gasteiger charge is -2.32. The van der Waals surface area contributed by atoms with Gasteiger partial charge < -0.3 is 24.4 Å². The molecule has 4 aromatic rings. The van der Waals surface area contributed by atoms with Crippen molar-refractivity contribution in [3.63, 3.8) is 0 Å². The normalized spacial score (nSPS) is 15.0. The third kappa shape index (κ3) is 7.32. The molecule has 0 aliphatic carbocycles. The summed E-state index contributed by atoms with van der Waals surface area (Å²) in [6.07, 6.45) is 1.62. The molecule has 1 N–H and O–H groups in total. The molecule has 0 saturated carbocycles.